The van der Waals surface area contributed by atoms with Crippen LogP contribution in [0.15, 0.2) is 35.4 Å². The molecule has 2 atom stereocenters. The second kappa shape index (κ2) is 12.6. The molecule has 0 saturated carbocycles. The maximum absolute atomic E-state index is 14.1. The first-order chi connectivity index (χ1) is 15.7. The summed E-state index contributed by atoms with van der Waals surface area (Å²) in [4.78, 5) is 25.4. The molecule has 7 nitrogen and oxygen atoms in total. The van der Waals surface area contributed by atoms with Gasteiger partial charge in [0, 0.05) is 26.0 Å². The van der Waals surface area contributed by atoms with Gasteiger partial charge in [0.15, 0.2) is 5.92 Å². The number of carbonyl (C=O) groups is 2. The lowest BCUT2D eigenvalue weighted by Gasteiger charge is -2.28. The van der Waals surface area contributed by atoms with Crippen LogP contribution in [0.3, 0.4) is 0 Å². The molecule has 0 radical (unpaired) electrons. The van der Waals surface area contributed by atoms with E-state index in [1.54, 1.807) is 44.2 Å². The second-order valence-corrected chi connectivity index (χ2v) is 7.66. The Balaban J connectivity index is 2.51. The normalized spacial score (nSPS) is 17.8. The van der Waals surface area contributed by atoms with E-state index in [-0.39, 0.29) is 25.9 Å². The van der Waals surface area contributed by atoms with Gasteiger partial charge in [0.25, 0.3) is 0 Å². The zero-order chi connectivity index (χ0) is 24.4. The van der Waals surface area contributed by atoms with Crippen LogP contribution in [-0.2, 0) is 23.8 Å². The summed E-state index contributed by atoms with van der Waals surface area (Å²) < 4.78 is 57.5. The molecule has 0 spiro atoms. The Labute approximate surface area is 191 Å². The Kier molecular flexibility index (Phi) is 10.1. The third-order valence-electron chi connectivity index (χ3n) is 5.41. The molecular weight excluding hydrogens is 441 g/mol. The number of carbonyl (C=O) groups excluding carboxylic acids is 2. The number of benzene rings is 1. The molecule has 0 aliphatic carbocycles. The van der Waals surface area contributed by atoms with E-state index < -0.39 is 42.1 Å². The van der Waals surface area contributed by atoms with E-state index in [4.69, 9.17) is 14.2 Å². The van der Waals surface area contributed by atoms with Crippen LogP contribution in [0.1, 0.15) is 44.6 Å². The molecule has 0 bridgehead atoms. The molecular formula is C23H31F3N2O5. The number of nitrogens with zero attached hydrogens (tertiary/aromatic N) is 2. The van der Waals surface area contributed by atoms with E-state index in [1.165, 1.54) is 12.1 Å². The van der Waals surface area contributed by atoms with Crippen LogP contribution in [0, 0.1) is 5.92 Å². The molecule has 0 unspecified atom stereocenters. The Morgan fingerprint density at radius 1 is 1.12 bits per heavy atom. The predicted molar refractivity (Wildman–Crippen MR) is 116 cm³/mol. The van der Waals surface area contributed by atoms with E-state index >= 15 is 0 Å². The molecule has 10 heteroatoms. The van der Waals surface area contributed by atoms with Crippen molar-refractivity contribution in [1.29, 1.82) is 0 Å². The number of methoxy groups -OCH3 is 1. The van der Waals surface area contributed by atoms with Gasteiger partial charge in [-0.2, -0.15) is 18.3 Å². The van der Waals surface area contributed by atoms with Crippen LogP contribution in [0.4, 0.5) is 13.2 Å². The van der Waals surface area contributed by atoms with Gasteiger partial charge < -0.3 is 14.2 Å². The molecule has 184 valence electrons. The fourth-order valence-corrected chi connectivity index (χ4v) is 3.91. The van der Waals surface area contributed by atoms with Crippen LogP contribution in [0.25, 0.3) is 0 Å². The first-order valence-electron chi connectivity index (χ1n) is 11.0. The van der Waals surface area contributed by atoms with E-state index in [9.17, 15) is 22.8 Å². The number of hydrazone groups is 1. The molecule has 33 heavy (non-hydrogen) atoms. The molecule has 0 amide bonds. The highest BCUT2D eigenvalue weighted by molar-refractivity contribution is 5.98. The maximum atomic E-state index is 14.1. The van der Waals surface area contributed by atoms with Crippen molar-refractivity contribution in [1.82, 2.24) is 5.01 Å². The molecule has 1 heterocycles. The Morgan fingerprint density at radius 2 is 1.73 bits per heavy atom. The first-order valence-corrected chi connectivity index (χ1v) is 11.0. The zero-order valence-electron chi connectivity index (χ0n) is 19.1. The van der Waals surface area contributed by atoms with E-state index in [0.29, 0.717) is 24.9 Å². The summed E-state index contributed by atoms with van der Waals surface area (Å²) in [5.74, 6) is -4.59. The minimum Gasteiger partial charge on any atom is -0.465 e. The van der Waals surface area contributed by atoms with Gasteiger partial charge in [-0.1, -0.05) is 30.3 Å². The summed E-state index contributed by atoms with van der Waals surface area (Å²) in [5, 5.41) is 5.33. The van der Waals surface area contributed by atoms with Crippen LogP contribution < -0.4 is 0 Å². The molecule has 1 aliphatic rings. The van der Waals surface area contributed by atoms with Crippen molar-refractivity contribution >= 4 is 17.7 Å². The topological polar surface area (TPSA) is 77.4 Å². The van der Waals surface area contributed by atoms with Gasteiger partial charge in [-0.25, -0.2) is 0 Å². The second-order valence-electron chi connectivity index (χ2n) is 7.66. The molecule has 1 saturated heterocycles. The van der Waals surface area contributed by atoms with Crippen LogP contribution >= 0.6 is 0 Å². The Bertz CT molecular complexity index is 783. The van der Waals surface area contributed by atoms with Crippen molar-refractivity contribution in [2.75, 3.05) is 33.5 Å². The summed E-state index contributed by atoms with van der Waals surface area (Å²) in [7, 11) is 1.49. The standard InChI is InChI=1S/C23H31F3N2O5/c1-4-32-21(29)20(22(30)33-5-2)18(16-10-7-6-8-11-16)14-19(23(24,25)26)27-28-13-9-12-17(28)15-31-3/h6-8,10-11,17-18,20H,4-5,9,12-15H2,1-3H3/b27-19-/t17-,18-/m0/s1. The average Bonchev–Trinajstić information content (AvgIpc) is 3.20. The Hall–Kier alpha value is -2.62. The van der Waals surface area contributed by atoms with Gasteiger partial charge in [0.05, 0.1) is 25.9 Å². The maximum Gasteiger partial charge on any atom is 0.431 e. The van der Waals surface area contributed by atoms with Crippen molar-refractivity contribution in [3.8, 4) is 0 Å². The molecule has 1 aliphatic heterocycles. The predicted octanol–water partition coefficient (Wildman–Crippen LogP) is 3.93. The first kappa shape index (κ1) is 26.6. The minimum atomic E-state index is -4.76. The third kappa shape index (κ3) is 7.45. The van der Waals surface area contributed by atoms with Crippen molar-refractivity contribution in [3.63, 3.8) is 0 Å². The van der Waals surface area contributed by atoms with Crippen molar-refractivity contribution < 1.29 is 37.0 Å². The zero-order valence-corrected chi connectivity index (χ0v) is 19.1. The summed E-state index contributed by atoms with van der Waals surface area (Å²) in [5.41, 5.74) is -0.687. The number of alkyl halides is 3. The highest BCUT2D eigenvalue weighted by atomic mass is 19.4. The number of esters is 2. The number of ether oxygens (including phenoxy) is 3. The number of hydrogen-bond donors (Lipinski definition) is 0. The third-order valence-corrected chi connectivity index (χ3v) is 5.41. The Morgan fingerprint density at radius 3 is 2.24 bits per heavy atom. The smallest absolute Gasteiger partial charge is 0.431 e. The summed E-state index contributed by atoms with van der Waals surface area (Å²) >= 11 is 0. The highest BCUT2D eigenvalue weighted by Crippen LogP contribution is 2.35. The van der Waals surface area contributed by atoms with Gasteiger partial charge in [0.1, 0.15) is 5.71 Å². The van der Waals surface area contributed by atoms with Crippen LogP contribution in [0.5, 0.6) is 0 Å². The largest absolute Gasteiger partial charge is 0.465 e. The summed E-state index contributed by atoms with van der Waals surface area (Å²) in [6, 6.07) is 7.85. The van der Waals surface area contributed by atoms with Gasteiger partial charge in [0.2, 0.25) is 0 Å². The fraction of sp³-hybridized carbons (Fsp3) is 0.609. The van der Waals surface area contributed by atoms with Crippen molar-refractivity contribution in [3.05, 3.63) is 35.9 Å². The van der Waals surface area contributed by atoms with E-state index in [0.717, 1.165) is 0 Å². The summed E-state index contributed by atoms with van der Waals surface area (Å²) in [6.07, 6.45) is -4.09. The van der Waals surface area contributed by atoms with Crippen molar-refractivity contribution in [2.24, 2.45) is 11.0 Å². The van der Waals surface area contributed by atoms with E-state index in [1.807, 2.05) is 0 Å². The van der Waals surface area contributed by atoms with Gasteiger partial charge in [-0.15, -0.1) is 0 Å². The molecule has 1 fully saturated rings. The SMILES string of the molecule is CCOC(=O)C(C(=O)OCC)[C@@H](C/C(=N/N1CCC[C@H]1COC)C(F)(F)F)c1ccccc1. The van der Waals surface area contributed by atoms with Gasteiger partial charge in [-0.05, 0) is 32.3 Å². The number of halogens is 3. The average molecular weight is 473 g/mol. The molecule has 1 aromatic rings. The van der Waals surface area contributed by atoms with Crippen LogP contribution in [0.2, 0.25) is 0 Å². The minimum absolute atomic E-state index is 0.0249. The van der Waals surface area contributed by atoms with Crippen LogP contribution in [-0.4, -0.2) is 68.4 Å². The fourth-order valence-electron chi connectivity index (χ4n) is 3.91. The molecule has 0 aromatic heterocycles. The molecule has 1 aromatic carbocycles. The lowest BCUT2D eigenvalue weighted by Crippen LogP contribution is -2.38. The molecule has 0 N–H and O–H groups in total. The van der Waals surface area contributed by atoms with Gasteiger partial charge >= 0.3 is 18.1 Å². The quantitative estimate of drug-likeness (QED) is 0.276. The van der Waals surface area contributed by atoms with Crippen molar-refractivity contribution in [2.45, 2.75) is 51.2 Å². The van der Waals surface area contributed by atoms with E-state index in [2.05, 4.69) is 5.10 Å². The lowest BCUT2D eigenvalue weighted by atomic mass is 9.82. The molecule has 2 rings (SSSR count). The van der Waals surface area contributed by atoms with Gasteiger partial charge in [-0.3, -0.25) is 14.6 Å². The lowest BCUT2D eigenvalue weighted by molar-refractivity contribution is -0.162. The highest BCUT2D eigenvalue weighted by Gasteiger charge is 2.45. The number of rotatable bonds is 11. The number of hydrogen-bond acceptors (Lipinski definition) is 7. The monoisotopic (exact) mass is 472 g/mol. The summed E-state index contributed by atoms with van der Waals surface area (Å²) in [6.45, 7) is 3.69.